The minimum atomic E-state index is -0.814. The molecule has 204 valence electrons. The van der Waals surface area contributed by atoms with Gasteiger partial charge in [-0.15, -0.1) is 5.11 Å². The number of hydrogen-bond acceptors (Lipinski definition) is 8. The van der Waals surface area contributed by atoms with Crippen LogP contribution in [0.15, 0.2) is 138 Å². The van der Waals surface area contributed by atoms with E-state index in [1.54, 1.807) is 78.9 Å². The van der Waals surface area contributed by atoms with Gasteiger partial charge in [-0.1, -0.05) is 54.6 Å². The lowest BCUT2D eigenvalue weighted by atomic mass is 10.1. The summed E-state index contributed by atoms with van der Waals surface area (Å²) in [5.74, 6) is -1.45. The van der Waals surface area contributed by atoms with Crippen LogP contribution in [0.2, 0.25) is 0 Å². The van der Waals surface area contributed by atoms with Crippen LogP contribution >= 0.6 is 0 Å². The monoisotopic (exact) mass is 556 g/mol. The summed E-state index contributed by atoms with van der Waals surface area (Å²) in [6.07, 6.45) is 0. The molecule has 0 spiro atoms. The minimum Gasteiger partial charge on any atom is -0.422 e. The van der Waals surface area contributed by atoms with Gasteiger partial charge in [0.05, 0.1) is 11.4 Å². The Labute approximate surface area is 236 Å². The van der Waals surface area contributed by atoms with E-state index in [2.05, 4.69) is 20.9 Å². The quantitative estimate of drug-likeness (QED) is 0.170. The average Bonchev–Trinajstić information content (AvgIpc) is 3.00. The molecule has 0 unspecified atom stereocenters. The van der Waals surface area contributed by atoms with Crippen LogP contribution in [0.4, 0.5) is 22.7 Å². The molecule has 0 atom stereocenters. The van der Waals surface area contributed by atoms with Gasteiger partial charge in [-0.3, -0.25) is 9.59 Å². The van der Waals surface area contributed by atoms with Crippen molar-refractivity contribution in [3.8, 4) is 0 Å². The summed E-state index contributed by atoms with van der Waals surface area (Å²) in [7, 11) is 0. The van der Waals surface area contributed by atoms with Crippen LogP contribution < -0.4 is 21.9 Å². The Balaban J connectivity index is 1.34. The van der Waals surface area contributed by atoms with E-state index in [4.69, 9.17) is 8.83 Å². The fraction of sp³-hybridized carbons (Fsp3) is 0. The van der Waals surface area contributed by atoms with Crippen molar-refractivity contribution in [2.75, 3.05) is 10.6 Å². The van der Waals surface area contributed by atoms with Crippen molar-refractivity contribution in [2.24, 2.45) is 10.2 Å². The van der Waals surface area contributed by atoms with Crippen LogP contribution in [0.3, 0.4) is 0 Å². The van der Waals surface area contributed by atoms with Gasteiger partial charge in [-0.25, -0.2) is 9.59 Å². The van der Waals surface area contributed by atoms with Crippen LogP contribution in [0.1, 0.15) is 20.7 Å². The molecule has 10 nitrogen and oxygen atoms in total. The highest BCUT2D eigenvalue weighted by atomic mass is 16.4. The summed E-state index contributed by atoms with van der Waals surface area (Å²) in [5.41, 5.74) is -0.103. The van der Waals surface area contributed by atoms with Crippen molar-refractivity contribution in [3.63, 3.8) is 0 Å². The molecule has 2 amide bonds. The van der Waals surface area contributed by atoms with E-state index in [-0.39, 0.29) is 28.2 Å². The molecule has 0 aliphatic heterocycles. The van der Waals surface area contributed by atoms with Crippen LogP contribution in [-0.4, -0.2) is 11.8 Å². The lowest BCUT2D eigenvalue weighted by Crippen LogP contribution is -2.22. The van der Waals surface area contributed by atoms with E-state index in [0.29, 0.717) is 27.6 Å². The summed E-state index contributed by atoms with van der Waals surface area (Å²) < 4.78 is 10.6. The third-order valence-electron chi connectivity index (χ3n) is 6.30. The van der Waals surface area contributed by atoms with E-state index in [0.717, 1.165) is 0 Å². The average molecular weight is 557 g/mol. The molecule has 2 aromatic heterocycles. The first-order valence-electron chi connectivity index (χ1n) is 12.7. The lowest BCUT2D eigenvalue weighted by Gasteiger charge is -2.11. The zero-order valence-corrected chi connectivity index (χ0v) is 21.7. The van der Waals surface area contributed by atoms with Gasteiger partial charge in [0.15, 0.2) is 0 Å². The highest BCUT2D eigenvalue weighted by molar-refractivity contribution is 6.08. The van der Waals surface area contributed by atoms with Gasteiger partial charge in [-0.2, -0.15) is 5.11 Å². The number of rotatable bonds is 6. The van der Waals surface area contributed by atoms with Crippen molar-refractivity contribution >= 4 is 56.5 Å². The predicted octanol–water partition coefficient (Wildman–Crippen LogP) is 6.82. The number of amides is 2. The SMILES string of the molecule is O=C(Nc1ccc(N=Nc2ccccc2)c(NC(=O)c2cc3ccccc3oc2=O)c1)c1cc2ccccc2oc1=O. The highest BCUT2D eigenvalue weighted by Gasteiger charge is 2.18. The van der Waals surface area contributed by atoms with Crippen molar-refractivity contribution in [1.29, 1.82) is 0 Å². The van der Waals surface area contributed by atoms with Crippen molar-refractivity contribution in [2.45, 2.75) is 0 Å². The second kappa shape index (κ2) is 11.1. The summed E-state index contributed by atoms with van der Waals surface area (Å²) in [6, 6.07) is 30.0. The minimum absolute atomic E-state index is 0.149. The van der Waals surface area contributed by atoms with E-state index in [1.807, 2.05) is 6.07 Å². The van der Waals surface area contributed by atoms with Crippen LogP contribution in [0.25, 0.3) is 21.9 Å². The number of para-hydroxylation sites is 2. The third-order valence-corrected chi connectivity index (χ3v) is 6.30. The van der Waals surface area contributed by atoms with E-state index < -0.39 is 23.1 Å². The molecule has 6 rings (SSSR count). The standard InChI is InChI=1S/C32H20N4O6/c37-29(23-16-19-8-4-6-12-27(19)41-31(23)39)33-22-14-15-25(36-35-21-10-2-1-3-11-21)26(18-22)34-30(38)24-17-20-9-5-7-13-28(20)42-32(24)40/h1-18H,(H,33,37)(H,34,38). The molecule has 0 radical (unpaired) electrons. The molecule has 42 heavy (non-hydrogen) atoms. The molecule has 0 fully saturated rings. The summed E-state index contributed by atoms with van der Waals surface area (Å²) in [5, 5.41) is 14.9. The maximum absolute atomic E-state index is 13.2. The van der Waals surface area contributed by atoms with Crippen LogP contribution in [0, 0.1) is 0 Å². The van der Waals surface area contributed by atoms with Crippen molar-refractivity contribution in [3.05, 3.63) is 141 Å². The smallest absolute Gasteiger partial charge is 0.349 e. The number of benzene rings is 4. The molecule has 2 N–H and O–H groups in total. The number of carbonyl (C=O) groups is 2. The Morgan fingerprint density at radius 3 is 1.74 bits per heavy atom. The lowest BCUT2D eigenvalue weighted by molar-refractivity contribution is 0.101. The Morgan fingerprint density at radius 2 is 1.12 bits per heavy atom. The van der Waals surface area contributed by atoms with Crippen molar-refractivity contribution < 1.29 is 18.4 Å². The molecule has 0 bridgehead atoms. The molecular formula is C32H20N4O6. The number of anilines is 2. The number of nitrogens with one attached hydrogen (secondary N) is 2. The fourth-order valence-corrected chi connectivity index (χ4v) is 4.24. The molecule has 0 saturated carbocycles. The molecule has 0 aliphatic carbocycles. The first kappa shape index (κ1) is 26.1. The van der Waals surface area contributed by atoms with Crippen LogP contribution in [0.5, 0.6) is 0 Å². The molecule has 2 heterocycles. The second-order valence-corrected chi connectivity index (χ2v) is 9.15. The number of azo groups is 1. The van der Waals surface area contributed by atoms with Gasteiger partial charge in [-0.05, 0) is 54.6 Å². The molecule has 0 saturated heterocycles. The zero-order valence-electron chi connectivity index (χ0n) is 21.7. The van der Waals surface area contributed by atoms with Gasteiger partial charge in [0.1, 0.15) is 28.0 Å². The van der Waals surface area contributed by atoms with E-state index in [1.165, 1.54) is 24.3 Å². The molecule has 0 aliphatic rings. The number of nitrogens with zero attached hydrogens (tertiary/aromatic N) is 2. The Kier molecular flexibility index (Phi) is 6.92. The zero-order chi connectivity index (χ0) is 29.1. The molecule has 4 aromatic carbocycles. The Hall–Kier alpha value is -6.16. The molecule has 6 aromatic rings. The van der Waals surface area contributed by atoms with Gasteiger partial charge >= 0.3 is 11.3 Å². The topological polar surface area (TPSA) is 143 Å². The highest BCUT2D eigenvalue weighted by Crippen LogP contribution is 2.31. The number of carbonyl (C=O) groups excluding carboxylic acids is 2. The number of hydrogen-bond donors (Lipinski definition) is 2. The maximum Gasteiger partial charge on any atom is 0.349 e. The van der Waals surface area contributed by atoms with Gasteiger partial charge in [0.25, 0.3) is 11.8 Å². The van der Waals surface area contributed by atoms with E-state index in [9.17, 15) is 19.2 Å². The van der Waals surface area contributed by atoms with Gasteiger partial charge in [0.2, 0.25) is 0 Å². The largest absolute Gasteiger partial charge is 0.422 e. The first-order valence-corrected chi connectivity index (χ1v) is 12.7. The summed E-state index contributed by atoms with van der Waals surface area (Å²) in [4.78, 5) is 51.4. The Bertz CT molecular complexity index is 2130. The van der Waals surface area contributed by atoms with Gasteiger partial charge in [0, 0.05) is 16.5 Å². The third kappa shape index (κ3) is 5.45. The van der Waals surface area contributed by atoms with E-state index >= 15 is 0 Å². The van der Waals surface area contributed by atoms with Crippen LogP contribution in [-0.2, 0) is 0 Å². The maximum atomic E-state index is 13.2. The fourth-order valence-electron chi connectivity index (χ4n) is 4.24. The summed E-state index contributed by atoms with van der Waals surface area (Å²) in [6.45, 7) is 0. The first-order chi connectivity index (χ1) is 20.4. The molecule has 10 heteroatoms. The normalized spacial score (nSPS) is 11.1. The Morgan fingerprint density at radius 1 is 0.571 bits per heavy atom. The second-order valence-electron chi connectivity index (χ2n) is 9.15. The summed E-state index contributed by atoms with van der Waals surface area (Å²) >= 11 is 0. The predicted molar refractivity (Wildman–Crippen MR) is 158 cm³/mol. The number of fused-ring (bicyclic) bond motifs is 2. The van der Waals surface area contributed by atoms with Crippen molar-refractivity contribution in [1.82, 2.24) is 0 Å². The molecular weight excluding hydrogens is 536 g/mol. The van der Waals surface area contributed by atoms with Gasteiger partial charge < -0.3 is 19.5 Å².